The lowest BCUT2D eigenvalue weighted by molar-refractivity contribution is 0.492. The van der Waals surface area contributed by atoms with Crippen LogP contribution in [0.5, 0.6) is 0 Å². The van der Waals surface area contributed by atoms with E-state index in [9.17, 15) is 14.0 Å². The normalized spacial score (nSPS) is 12.8. The Morgan fingerprint density at radius 3 is 2.83 bits per heavy atom. The molecule has 0 aliphatic heterocycles. The lowest BCUT2D eigenvalue weighted by atomic mass is 10.2. The molecule has 2 N–H and O–H groups in total. The van der Waals surface area contributed by atoms with Crippen LogP contribution in [0.25, 0.3) is 10.9 Å². The molecule has 0 spiro atoms. The van der Waals surface area contributed by atoms with Crippen molar-refractivity contribution >= 4 is 10.9 Å². The number of rotatable bonds is 3. The average molecular weight is 251 g/mol. The first-order chi connectivity index (χ1) is 8.54. The molecule has 0 amide bonds. The summed E-state index contributed by atoms with van der Waals surface area (Å²) in [4.78, 5) is 26.3. The Labute approximate surface area is 102 Å². The van der Waals surface area contributed by atoms with Gasteiger partial charge in [-0.25, -0.2) is 9.18 Å². The molecule has 2 aromatic rings. The molecule has 18 heavy (non-hydrogen) atoms. The number of benzene rings is 1. The highest BCUT2D eigenvalue weighted by Crippen LogP contribution is 2.09. The quantitative estimate of drug-likeness (QED) is 0.831. The van der Waals surface area contributed by atoms with Crippen molar-refractivity contribution in [2.75, 3.05) is 7.05 Å². The Morgan fingerprint density at radius 2 is 2.17 bits per heavy atom. The Bertz CT molecular complexity index is 690. The summed E-state index contributed by atoms with van der Waals surface area (Å²) in [6.07, 6.45) is 0. The summed E-state index contributed by atoms with van der Waals surface area (Å²) in [5, 5.41) is 3.12. The summed E-state index contributed by atoms with van der Waals surface area (Å²) >= 11 is 0. The van der Waals surface area contributed by atoms with E-state index < -0.39 is 17.1 Å². The molecule has 0 saturated carbocycles. The maximum atomic E-state index is 13.5. The number of para-hydroxylation sites is 1. The minimum atomic E-state index is -0.601. The topological polar surface area (TPSA) is 66.9 Å². The van der Waals surface area contributed by atoms with Crippen molar-refractivity contribution in [3.05, 3.63) is 44.9 Å². The molecule has 1 aromatic heterocycles. The lowest BCUT2D eigenvalue weighted by Crippen LogP contribution is -2.41. The minimum absolute atomic E-state index is 0.0326. The standard InChI is InChI=1S/C12H14FN3O2/c1-7(14-2)6-16-11(17)8-4-3-5-9(13)10(8)15-12(16)18/h3-5,7,14H,6H2,1-2H3,(H,15,18). The highest BCUT2D eigenvalue weighted by atomic mass is 19.1. The molecule has 1 atom stereocenters. The van der Waals surface area contributed by atoms with Crippen molar-refractivity contribution in [3.63, 3.8) is 0 Å². The molecular formula is C12H14FN3O2. The van der Waals surface area contributed by atoms with Gasteiger partial charge in [-0.2, -0.15) is 0 Å². The van der Waals surface area contributed by atoms with Crippen LogP contribution < -0.4 is 16.6 Å². The number of aromatic amines is 1. The van der Waals surface area contributed by atoms with Gasteiger partial charge in [0.15, 0.2) is 0 Å². The van der Waals surface area contributed by atoms with Crippen LogP contribution in [0.1, 0.15) is 6.92 Å². The molecular weight excluding hydrogens is 237 g/mol. The van der Waals surface area contributed by atoms with Gasteiger partial charge in [0.2, 0.25) is 0 Å². The van der Waals surface area contributed by atoms with Crippen LogP contribution in [0.3, 0.4) is 0 Å². The first-order valence-corrected chi connectivity index (χ1v) is 5.63. The molecule has 0 fully saturated rings. The van der Waals surface area contributed by atoms with Crippen molar-refractivity contribution in [2.24, 2.45) is 0 Å². The Hall–Kier alpha value is -1.95. The van der Waals surface area contributed by atoms with Crippen molar-refractivity contribution in [2.45, 2.75) is 19.5 Å². The molecule has 5 nitrogen and oxygen atoms in total. The predicted molar refractivity (Wildman–Crippen MR) is 67.3 cm³/mol. The van der Waals surface area contributed by atoms with Gasteiger partial charge in [0.05, 0.1) is 10.9 Å². The molecule has 0 saturated heterocycles. The molecule has 1 heterocycles. The minimum Gasteiger partial charge on any atom is -0.315 e. The second-order valence-corrected chi connectivity index (χ2v) is 4.20. The van der Waals surface area contributed by atoms with Crippen molar-refractivity contribution in [3.8, 4) is 0 Å². The van der Waals surface area contributed by atoms with E-state index in [4.69, 9.17) is 0 Å². The number of fused-ring (bicyclic) bond motifs is 1. The zero-order valence-corrected chi connectivity index (χ0v) is 10.2. The van der Waals surface area contributed by atoms with Crippen LogP contribution in [0.4, 0.5) is 4.39 Å². The van der Waals surface area contributed by atoms with Gasteiger partial charge in [-0.05, 0) is 26.1 Å². The van der Waals surface area contributed by atoms with E-state index in [1.165, 1.54) is 18.2 Å². The number of aromatic nitrogens is 2. The number of halogens is 1. The molecule has 96 valence electrons. The van der Waals surface area contributed by atoms with Crippen LogP contribution in [0, 0.1) is 5.82 Å². The lowest BCUT2D eigenvalue weighted by Gasteiger charge is -2.12. The van der Waals surface area contributed by atoms with E-state index in [-0.39, 0.29) is 23.5 Å². The molecule has 0 aliphatic carbocycles. The fraction of sp³-hybridized carbons (Fsp3) is 0.333. The van der Waals surface area contributed by atoms with Crippen LogP contribution in [-0.2, 0) is 6.54 Å². The van der Waals surface area contributed by atoms with E-state index >= 15 is 0 Å². The monoisotopic (exact) mass is 251 g/mol. The Kier molecular flexibility index (Phi) is 3.29. The maximum absolute atomic E-state index is 13.5. The van der Waals surface area contributed by atoms with E-state index in [1.54, 1.807) is 7.05 Å². The molecule has 2 rings (SSSR count). The first kappa shape index (κ1) is 12.5. The summed E-state index contributed by atoms with van der Waals surface area (Å²) in [6.45, 7) is 2.08. The van der Waals surface area contributed by atoms with E-state index in [0.717, 1.165) is 4.57 Å². The number of nitrogens with one attached hydrogen (secondary N) is 2. The molecule has 6 heteroatoms. The van der Waals surface area contributed by atoms with Crippen LogP contribution in [-0.4, -0.2) is 22.6 Å². The van der Waals surface area contributed by atoms with Gasteiger partial charge < -0.3 is 10.3 Å². The number of hydrogen-bond donors (Lipinski definition) is 2. The highest BCUT2D eigenvalue weighted by Gasteiger charge is 2.11. The van der Waals surface area contributed by atoms with Gasteiger partial charge in [-0.3, -0.25) is 9.36 Å². The van der Waals surface area contributed by atoms with Gasteiger partial charge in [-0.15, -0.1) is 0 Å². The fourth-order valence-corrected chi connectivity index (χ4v) is 1.77. The van der Waals surface area contributed by atoms with E-state index in [2.05, 4.69) is 10.3 Å². The number of nitrogens with zero attached hydrogens (tertiary/aromatic N) is 1. The van der Waals surface area contributed by atoms with Gasteiger partial charge >= 0.3 is 5.69 Å². The zero-order valence-electron chi connectivity index (χ0n) is 10.2. The molecule has 0 aliphatic rings. The Balaban J connectivity index is 2.70. The summed E-state index contributed by atoms with van der Waals surface area (Å²) in [6, 6.07) is 4.12. The smallest absolute Gasteiger partial charge is 0.315 e. The Morgan fingerprint density at radius 1 is 1.44 bits per heavy atom. The third kappa shape index (κ3) is 2.06. The number of H-pyrrole nitrogens is 1. The van der Waals surface area contributed by atoms with Crippen molar-refractivity contribution < 1.29 is 4.39 Å². The molecule has 1 aromatic carbocycles. The van der Waals surface area contributed by atoms with Gasteiger partial charge in [0.25, 0.3) is 5.56 Å². The van der Waals surface area contributed by atoms with Gasteiger partial charge in [0, 0.05) is 12.6 Å². The SMILES string of the molecule is CNC(C)Cn1c(=O)[nH]c2c(F)cccc2c1=O. The molecule has 0 bridgehead atoms. The summed E-state index contributed by atoms with van der Waals surface area (Å²) in [7, 11) is 1.74. The summed E-state index contributed by atoms with van der Waals surface area (Å²) in [5.74, 6) is -0.601. The average Bonchev–Trinajstić information content (AvgIpc) is 2.35. The second-order valence-electron chi connectivity index (χ2n) is 4.20. The van der Waals surface area contributed by atoms with Crippen LogP contribution >= 0.6 is 0 Å². The summed E-state index contributed by atoms with van der Waals surface area (Å²) < 4.78 is 14.5. The predicted octanol–water partition coefficient (Wildman–Crippen LogP) is 0.437. The third-order valence-corrected chi connectivity index (χ3v) is 2.92. The van der Waals surface area contributed by atoms with Crippen LogP contribution in [0.15, 0.2) is 27.8 Å². The second kappa shape index (κ2) is 4.73. The number of likely N-dealkylation sites (N-methyl/N-ethyl adjacent to an activating group) is 1. The summed E-state index contributed by atoms with van der Waals surface area (Å²) in [5.41, 5.74) is -1.11. The van der Waals surface area contributed by atoms with Crippen LogP contribution in [0.2, 0.25) is 0 Å². The number of hydrogen-bond acceptors (Lipinski definition) is 3. The van der Waals surface area contributed by atoms with Gasteiger partial charge in [0.1, 0.15) is 5.82 Å². The zero-order chi connectivity index (χ0) is 13.3. The largest absolute Gasteiger partial charge is 0.328 e. The highest BCUT2D eigenvalue weighted by molar-refractivity contribution is 5.77. The van der Waals surface area contributed by atoms with Crippen molar-refractivity contribution in [1.29, 1.82) is 0 Å². The maximum Gasteiger partial charge on any atom is 0.328 e. The third-order valence-electron chi connectivity index (χ3n) is 2.92. The van der Waals surface area contributed by atoms with E-state index in [1.807, 2.05) is 6.92 Å². The molecule has 1 unspecified atom stereocenters. The van der Waals surface area contributed by atoms with Crippen molar-refractivity contribution in [1.82, 2.24) is 14.9 Å². The molecule has 0 radical (unpaired) electrons. The van der Waals surface area contributed by atoms with E-state index in [0.29, 0.717) is 0 Å². The van der Waals surface area contributed by atoms with Gasteiger partial charge in [-0.1, -0.05) is 6.07 Å². The fourth-order valence-electron chi connectivity index (χ4n) is 1.77. The first-order valence-electron chi connectivity index (χ1n) is 5.63.